The van der Waals surface area contributed by atoms with Crippen LogP contribution in [-0.2, 0) is 11.0 Å². The van der Waals surface area contributed by atoms with Crippen molar-refractivity contribution in [3.63, 3.8) is 0 Å². The molecule has 31 heavy (non-hydrogen) atoms. The first-order chi connectivity index (χ1) is 14.8. The van der Waals surface area contributed by atoms with Gasteiger partial charge in [-0.3, -0.25) is 4.79 Å². The Kier molecular flexibility index (Phi) is 7.01. The van der Waals surface area contributed by atoms with Crippen LogP contribution in [0.15, 0.2) is 59.6 Å². The summed E-state index contributed by atoms with van der Waals surface area (Å²) in [6.45, 7) is 0. The maximum absolute atomic E-state index is 12.6. The van der Waals surface area contributed by atoms with Crippen molar-refractivity contribution in [3.8, 4) is 22.8 Å². The van der Waals surface area contributed by atoms with E-state index in [1.54, 1.807) is 44.6 Å². The zero-order valence-corrected chi connectivity index (χ0v) is 17.4. The summed E-state index contributed by atoms with van der Waals surface area (Å²) >= 11 is 1.16. The van der Waals surface area contributed by atoms with Crippen LogP contribution in [0.2, 0.25) is 0 Å². The Morgan fingerprint density at radius 2 is 1.74 bits per heavy atom. The number of halogens is 3. The number of anilines is 1. The van der Waals surface area contributed by atoms with Crippen LogP contribution >= 0.6 is 11.8 Å². The molecule has 0 atom stereocenters. The van der Waals surface area contributed by atoms with Crippen LogP contribution in [0.4, 0.5) is 18.9 Å². The molecule has 1 N–H and O–H groups in total. The highest BCUT2D eigenvalue weighted by molar-refractivity contribution is 7.99. The van der Waals surface area contributed by atoms with Crippen molar-refractivity contribution < 1.29 is 27.4 Å². The standard InChI is InChI=1S/C21H18F3N3O3S/c1-29-15-7-9-18(30-2)16(11-15)17-8-10-20(27-26-17)31-12-19(28)25-14-5-3-13(4-6-14)21(22,23)24/h3-11H,12H2,1-2H3,(H,25,28). The van der Waals surface area contributed by atoms with Gasteiger partial charge in [-0.15, -0.1) is 10.2 Å². The van der Waals surface area contributed by atoms with Crippen LogP contribution in [0.5, 0.6) is 11.5 Å². The van der Waals surface area contributed by atoms with Crippen molar-refractivity contribution >= 4 is 23.4 Å². The van der Waals surface area contributed by atoms with Gasteiger partial charge in [0.15, 0.2) is 0 Å². The van der Waals surface area contributed by atoms with E-state index in [0.717, 1.165) is 23.9 Å². The molecule has 10 heteroatoms. The van der Waals surface area contributed by atoms with Crippen LogP contribution in [0.25, 0.3) is 11.3 Å². The summed E-state index contributed by atoms with van der Waals surface area (Å²) in [4.78, 5) is 12.1. The topological polar surface area (TPSA) is 73.3 Å². The number of ether oxygens (including phenoxy) is 2. The molecule has 0 bridgehead atoms. The number of carbonyl (C=O) groups is 1. The average molecular weight is 449 g/mol. The molecule has 0 aliphatic carbocycles. The second-order valence-electron chi connectivity index (χ2n) is 6.23. The molecule has 0 radical (unpaired) electrons. The lowest BCUT2D eigenvalue weighted by atomic mass is 10.1. The monoisotopic (exact) mass is 449 g/mol. The minimum atomic E-state index is -4.42. The number of nitrogens with zero attached hydrogens (tertiary/aromatic N) is 2. The Morgan fingerprint density at radius 3 is 2.32 bits per heavy atom. The number of nitrogens with one attached hydrogen (secondary N) is 1. The summed E-state index contributed by atoms with van der Waals surface area (Å²) in [5.41, 5.74) is 0.799. The second kappa shape index (κ2) is 9.69. The van der Waals surface area contributed by atoms with Crippen LogP contribution in [-0.4, -0.2) is 36.1 Å². The van der Waals surface area contributed by atoms with E-state index in [1.807, 2.05) is 0 Å². The molecule has 1 amide bonds. The average Bonchev–Trinajstić information content (AvgIpc) is 2.77. The van der Waals surface area contributed by atoms with Crippen molar-refractivity contribution in [3.05, 3.63) is 60.2 Å². The van der Waals surface area contributed by atoms with Crippen molar-refractivity contribution in [2.75, 3.05) is 25.3 Å². The Bertz CT molecular complexity index is 1040. The predicted octanol–water partition coefficient (Wildman–Crippen LogP) is 4.91. The quantitative estimate of drug-likeness (QED) is 0.517. The predicted molar refractivity (Wildman–Crippen MR) is 111 cm³/mol. The second-order valence-corrected chi connectivity index (χ2v) is 7.23. The van der Waals surface area contributed by atoms with E-state index in [2.05, 4.69) is 15.5 Å². The first-order valence-corrected chi connectivity index (χ1v) is 9.95. The van der Waals surface area contributed by atoms with E-state index in [0.29, 0.717) is 27.8 Å². The van der Waals surface area contributed by atoms with Gasteiger partial charge in [0.05, 0.1) is 31.2 Å². The Morgan fingerprint density at radius 1 is 1.00 bits per heavy atom. The SMILES string of the molecule is COc1ccc(OC)c(-c2ccc(SCC(=O)Nc3ccc(C(F)(F)F)cc3)nn2)c1. The molecular formula is C21H18F3N3O3S. The molecule has 0 unspecified atom stereocenters. The molecule has 0 aliphatic heterocycles. The molecule has 1 aromatic heterocycles. The van der Waals surface area contributed by atoms with Crippen LogP contribution in [0, 0.1) is 0 Å². The summed E-state index contributed by atoms with van der Waals surface area (Å²) in [5, 5.41) is 11.4. The molecule has 3 rings (SSSR count). The molecule has 3 aromatic rings. The van der Waals surface area contributed by atoms with Crippen molar-refractivity contribution in [1.29, 1.82) is 0 Å². The zero-order valence-electron chi connectivity index (χ0n) is 16.6. The number of amides is 1. The molecular weight excluding hydrogens is 431 g/mol. The summed E-state index contributed by atoms with van der Waals surface area (Å²) in [6, 6.07) is 13.0. The van der Waals surface area contributed by atoms with Crippen LogP contribution in [0.3, 0.4) is 0 Å². The number of rotatable bonds is 7. The van der Waals surface area contributed by atoms with E-state index >= 15 is 0 Å². The van der Waals surface area contributed by atoms with Gasteiger partial charge in [-0.1, -0.05) is 11.8 Å². The van der Waals surface area contributed by atoms with E-state index in [4.69, 9.17) is 9.47 Å². The number of aromatic nitrogens is 2. The van der Waals surface area contributed by atoms with Gasteiger partial charge in [0.2, 0.25) is 5.91 Å². The van der Waals surface area contributed by atoms with Crippen LogP contribution < -0.4 is 14.8 Å². The number of alkyl halides is 3. The van der Waals surface area contributed by atoms with Gasteiger partial charge in [0.1, 0.15) is 16.5 Å². The molecule has 162 valence electrons. The van der Waals surface area contributed by atoms with Crippen molar-refractivity contribution in [1.82, 2.24) is 10.2 Å². The Labute approximate surface area is 180 Å². The number of hydrogen-bond donors (Lipinski definition) is 1. The minimum absolute atomic E-state index is 0.0253. The fourth-order valence-electron chi connectivity index (χ4n) is 2.63. The lowest BCUT2D eigenvalue weighted by molar-refractivity contribution is -0.137. The molecule has 0 spiro atoms. The van der Waals surface area contributed by atoms with Crippen molar-refractivity contribution in [2.24, 2.45) is 0 Å². The number of benzene rings is 2. The van der Waals surface area contributed by atoms with Gasteiger partial charge in [-0.05, 0) is 54.6 Å². The summed E-state index contributed by atoms with van der Waals surface area (Å²) in [6.07, 6.45) is -4.42. The lowest BCUT2D eigenvalue weighted by Gasteiger charge is -2.10. The molecule has 0 saturated carbocycles. The third-order valence-corrected chi connectivity index (χ3v) is 5.09. The summed E-state index contributed by atoms with van der Waals surface area (Å²) in [7, 11) is 3.12. The third-order valence-electron chi connectivity index (χ3n) is 4.17. The van der Waals surface area contributed by atoms with Crippen molar-refractivity contribution in [2.45, 2.75) is 11.2 Å². The maximum Gasteiger partial charge on any atom is 0.416 e. The largest absolute Gasteiger partial charge is 0.497 e. The first-order valence-electron chi connectivity index (χ1n) is 8.96. The van der Waals surface area contributed by atoms with Gasteiger partial charge in [-0.25, -0.2) is 0 Å². The highest BCUT2D eigenvalue weighted by atomic mass is 32.2. The Hall–Kier alpha value is -3.27. The zero-order chi connectivity index (χ0) is 22.4. The van der Waals surface area contributed by atoms with E-state index in [-0.39, 0.29) is 17.3 Å². The van der Waals surface area contributed by atoms with Gasteiger partial charge in [0.25, 0.3) is 0 Å². The highest BCUT2D eigenvalue weighted by Gasteiger charge is 2.30. The van der Waals surface area contributed by atoms with Gasteiger partial charge in [0, 0.05) is 11.3 Å². The fourth-order valence-corrected chi connectivity index (χ4v) is 3.25. The number of thioether (sulfide) groups is 1. The minimum Gasteiger partial charge on any atom is -0.497 e. The van der Waals surface area contributed by atoms with E-state index < -0.39 is 11.7 Å². The molecule has 0 aliphatic rings. The Balaban J connectivity index is 1.60. The van der Waals surface area contributed by atoms with Gasteiger partial charge in [-0.2, -0.15) is 13.2 Å². The van der Waals surface area contributed by atoms with E-state index in [9.17, 15) is 18.0 Å². The van der Waals surface area contributed by atoms with Gasteiger partial charge < -0.3 is 14.8 Å². The summed E-state index contributed by atoms with van der Waals surface area (Å²) < 4.78 is 48.3. The maximum atomic E-state index is 12.6. The molecule has 2 aromatic carbocycles. The number of methoxy groups -OCH3 is 2. The fraction of sp³-hybridized carbons (Fsp3) is 0.190. The van der Waals surface area contributed by atoms with Gasteiger partial charge >= 0.3 is 6.18 Å². The van der Waals surface area contributed by atoms with E-state index in [1.165, 1.54) is 12.1 Å². The first kappa shape index (κ1) is 22.4. The smallest absolute Gasteiger partial charge is 0.416 e. The molecule has 0 fully saturated rings. The highest BCUT2D eigenvalue weighted by Crippen LogP contribution is 2.32. The normalized spacial score (nSPS) is 11.1. The molecule has 0 saturated heterocycles. The number of carbonyl (C=O) groups excluding carboxylic acids is 1. The molecule has 1 heterocycles. The molecule has 6 nitrogen and oxygen atoms in total. The third kappa shape index (κ3) is 5.88. The summed E-state index contributed by atoms with van der Waals surface area (Å²) in [5.74, 6) is 0.921. The van der Waals surface area contributed by atoms with Crippen LogP contribution in [0.1, 0.15) is 5.56 Å². The lowest BCUT2D eigenvalue weighted by Crippen LogP contribution is -2.14. The number of hydrogen-bond acceptors (Lipinski definition) is 6.